The lowest BCUT2D eigenvalue weighted by Crippen LogP contribution is -2.31. The summed E-state index contributed by atoms with van der Waals surface area (Å²) in [5.41, 5.74) is 2.59. The van der Waals surface area contributed by atoms with Crippen molar-refractivity contribution in [1.82, 2.24) is 4.90 Å². The van der Waals surface area contributed by atoms with Crippen LogP contribution < -0.4 is 0 Å². The van der Waals surface area contributed by atoms with Gasteiger partial charge in [0, 0.05) is 18.7 Å². The highest BCUT2D eigenvalue weighted by Gasteiger charge is 2.31. The van der Waals surface area contributed by atoms with Crippen molar-refractivity contribution >= 4 is 23.5 Å². The second kappa shape index (κ2) is 13.2. The van der Waals surface area contributed by atoms with E-state index in [0.717, 1.165) is 41.3 Å². The summed E-state index contributed by atoms with van der Waals surface area (Å²) in [6.07, 6.45) is -3.17. The highest BCUT2D eigenvalue weighted by Crippen LogP contribution is 2.36. The van der Waals surface area contributed by atoms with Crippen molar-refractivity contribution in [2.45, 2.75) is 25.6 Å². The summed E-state index contributed by atoms with van der Waals surface area (Å²) in [5.74, 6) is -1.42. The molecule has 224 valence electrons. The minimum atomic E-state index is -4.56. The first kappa shape index (κ1) is 30.6. The second-order valence-electron chi connectivity index (χ2n) is 10.2. The Hall–Kier alpha value is -4.82. The number of benzene rings is 4. The Morgan fingerprint density at radius 2 is 1.50 bits per heavy atom. The minimum Gasteiger partial charge on any atom is -0.478 e. The van der Waals surface area contributed by atoms with Gasteiger partial charge in [-0.1, -0.05) is 84.4 Å². The van der Waals surface area contributed by atoms with Gasteiger partial charge < -0.3 is 14.4 Å². The van der Waals surface area contributed by atoms with Gasteiger partial charge in [-0.3, -0.25) is 4.79 Å². The zero-order valence-electron chi connectivity index (χ0n) is 23.4. The number of hydrogen-bond acceptors (Lipinski definition) is 3. The smallest absolute Gasteiger partial charge is 0.416 e. The van der Waals surface area contributed by atoms with E-state index in [9.17, 15) is 27.9 Å². The first-order valence-electron chi connectivity index (χ1n) is 13.8. The number of halogens is 4. The number of carbonyl (C=O) groups excluding carboxylic acids is 1. The van der Waals surface area contributed by atoms with Crippen LogP contribution in [0.5, 0.6) is 0 Å². The molecule has 0 saturated carbocycles. The highest BCUT2D eigenvalue weighted by atomic mass is 35.5. The topological polar surface area (TPSA) is 70.8 Å². The van der Waals surface area contributed by atoms with E-state index >= 15 is 0 Å². The molecule has 1 N–H and O–H groups in total. The van der Waals surface area contributed by atoms with Gasteiger partial charge in [0.15, 0.2) is 5.76 Å². The third-order valence-electron chi connectivity index (χ3n) is 7.20. The first-order valence-corrected chi connectivity index (χ1v) is 14.2. The van der Waals surface area contributed by atoms with Gasteiger partial charge in [0.1, 0.15) is 5.76 Å². The average molecular weight is 618 g/mol. The molecule has 0 aliphatic heterocycles. The SMILES string of the molecule is O=C(O)c1ccccc1-c1ccc(CN(CCCc2ccccc2)C(=O)c2ccc(-c3cc(C(F)(F)F)ccc3Cl)o2)cc1. The number of aromatic carboxylic acids is 1. The van der Waals surface area contributed by atoms with Gasteiger partial charge in [-0.25, -0.2) is 4.79 Å². The van der Waals surface area contributed by atoms with Crippen molar-refractivity contribution < 1.29 is 32.3 Å². The maximum absolute atomic E-state index is 13.7. The molecule has 1 heterocycles. The number of hydrogen-bond donors (Lipinski definition) is 1. The Kier molecular flexibility index (Phi) is 9.20. The van der Waals surface area contributed by atoms with E-state index < -0.39 is 23.6 Å². The van der Waals surface area contributed by atoms with E-state index in [0.29, 0.717) is 18.5 Å². The number of furan rings is 1. The van der Waals surface area contributed by atoms with Gasteiger partial charge in [0.25, 0.3) is 5.91 Å². The molecule has 0 aliphatic carbocycles. The zero-order chi connectivity index (χ0) is 31.3. The van der Waals surface area contributed by atoms with Crippen LogP contribution in [0, 0.1) is 0 Å². The van der Waals surface area contributed by atoms with Gasteiger partial charge in [0.2, 0.25) is 0 Å². The molecule has 44 heavy (non-hydrogen) atoms. The Bertz CT molecular complexity index is 1770. The number of aryl methyl sites for hydroxylation is 1. The van der Waals surface area contributed by atoms with Crippen LogP contribution in [0.4, 0.5) is 13.2 Å². The third kappa shape index (κ3) is 7.21. The lowest BCUT2D eigenvalue weighted by Gasteiger charge is -2.22. The standard InChI is InChI=1S/C35H27ClF3NO4/c36-30-17-16-26(35(37,38)39)21-29(30)31-18-19-32(44-31)33(41)40(20-6-9-23-7-2-1-3-8-23)22-24-12-14-25(15-13-24)27-10-4-5-11-28(27)34(42)43/h1-5,7-8,10-19,21H,6,9,20,22H2,(H,42,43). The van der Waals surface area contributed by atoms with E-state index in [4.69, 9.17) is 16.0 Å². The van der Waals surface area contributed by atoms with Crippen molar-refractivity contribution in [2.75, 3.05) is 6.54 Å². The van der Waals surface area contributed by atoms with E-state index in [1.807, 2.05) is 54.6 Å². The molecule has 1 amide bonds. The summed E-state index contributed by atoms with van der Waals surface area (Å²) in [5, 5.41) is 9.63. The largest absolute Gasteiger partial charge is 0.478 e. The van der Waals surface area contributed by atoms with Crippen molar-refractivity contribution in [2.24, 2.45) is 0 Å². The van der Waals surface area contributed by atoms with E-state index in [1.165, 1.54) is 12.1 Å². The molecule has 0 atom stereocenters. The quantitative estimate of drug-likeness (QED) is 0.170. The molecule has 0 fully saturated rings. The first-order chi connectivity index (χ1) is 21.1. The molecule has 0 bridgehead atoms. The number of carboxylic acid groups (broad SMARTS) is 1. The molecule has 0 aliphatic rings. The van der Waals surface area contributed by atoms with Crippen LogP contribution in [0.2, 0.25) is 5.02 Å². The molecule has 5 nitrogen and oxygen atoms in total. The maximum Gasteiger partial charge on any atom is 0.416 e. The summed E-state index contributed by atoms with van der Waals surface area (Å²) < 4.78 is 45.7. The van der Waals surface area contributed by atoms with Gasteiger partial charge in [-0.05, 0) is 71.5 Å². The predicted molar refractivity (Wildman–Crippen MR) is 162 cm³/mol. The molecule has 0 radical (unpaired) electrons. The number of alkyl halides is 3. The van der Waals surface area contributed by atoms with Crippen LogP contribution in [-0.2, 0) is 19.1 Å². The number of nitrogens with zero attached hydrogens (tertiary/aromatic N) is 1. The van der Waals surface area contributed by atoms with E-state index in [-0.39, 0.29) is 34.2 Å². The molecule has 5 rings (SSSR count). The Labute approximate surface area is 257 Å². The number of rotatable bonds is 10. The molecular formula is C35H27ClF3NO4. The Morgan fingerprint density at radius 3 is 2.20 bits per heavy atom. The highest BCUT2D eigenvalue weighted by molar-refractivity contribution is 6.33. The fourth-order valence-corrected chi connectivity index (χ4v) is 5.16. The zero-order valence-corrected chi connectivity index (χ0v) is 24.1. The minimum absolute atomic E-state index is 0.0276. The predicted octanol–water partition coefficient (Wildman–Crippen LogP) is 9.26. The maximum atomic E-state index is 13.7. The molecule has 0 spiro atoms. The molecule has 4 aromatic carbocycles. The molecule has 0 saturated heterocycles. The van der Waals surface area contributed by atoms with Crippen LogP contribution in [0.3, 0.4) is 0 Å². The number of amides is 1. The third-order valence-corrected chi connectivity index (χ3v) is 7.52. The molecule has 0 unspecified atom stereocenters. The number of carboxylic acids is 1. The second-order valence-corrected chi connectivity index (χ2v) is 10.6. The molecule has 5 aromatic rings. The van der Waals surface area contributed by atoms with Crippen molar-refractivity contribution in [1.29, 1.82) is 0 Å². The lowest BCUT2D eigenvalue weighted by atomic mass is 9.98. The summed E-state index contributed by atoms with van der Waals surface area (Å²) in [7, 11) is 0. The monoisotopic (exact) mass is 617 g/mol. The Morgan fingerprint density at radius 1 is 0.795 bits per heavy atom. The van der Waals surface area contributed by atoms with Crippen LogP contribution in [-0.4, -0.2) is 28.4 Å². The van der Waals surface area contributed by atoms with Crippen molar-refractivity contribution in [3.63, 3.8) is 0 Å². The van der Waals surface area contributed by atoms with Gasteiger partial charge >= 0.3 is 12.1 Å². The summed E-state index contributed by atoms with van der Waals surface area (Å²) >= 11 is 6.20. The average Bonchev–Trinajstić information content (AvgIpc) is 3.51. The van der Waals surface area contributed by atoms with Crippen LogP contribution >= 0.6 is 11.6 Å². The van der Waals surface area contributed by atoms with Crippen LogP contribution in [0.25, 0.3) is 22.5 Å². The molecule has 9 heteroatoms. The van der Waals surface area contributed by atoms with Crippen LogP contribution in [0.15, 0.2) is 114 Å². The van der Waals surface area contributed by atoms with Crippen molar-refractivity contribution in [3.8, 4) is 22.5 Å². The fourth-order valence-electron chi connectivity index (χ4n) is 4.95. The lowest BCUT2D eigenvalue weighted by molar-refractivity contribution is -0.137. The normalized spacial score (nSPS) is 11.4. The van der Waals surface area contributed by atoms with Gasteiger partial charge in [-0.2, -0.15) is 13.2 Å². The summed E-state index contributed by atoms with van der Waals surface area (Å²) in [4.78, 5) is 27.0. The molecule has 1 aromatic heterocycles. The summed E-state index contributed by atoms with van der Waals surface area (Å²) in [6, 6.07) is 29.7. The molecular weight excluding hydrogens is 591 g/mol. The van der Waals surface area contributed by atoms with Gasteiger partial charge in [0.05, 0.1) is 16.1 Å². The van der Waals surface area contributed by atoms with Crippen LogP contribution in [0.1, 0.15) is 44.0 Å². The van der Waals surface area contributed by atoms with Crippen molar-refractivity contribution in [3.05, 3.63) is 142 Å². The fraction of sp³-hybridized carbons (Fsp3) is 0.143. The number of carbonyl (C=O) groups is 2. The summed E-state index contributed by atoms with van der Waals surface area (Å²) in [6.45, 7) is 0.618. The Balaban J connectivity index is 1.39. The van der Waals surface area contributed by atoms with Gasteiger partial charge in [-0.15, -0.1) is 0 Å². The van der Waals surface area contributed by atoms with E-state index in [1.54, 1.807) is 29.2 Å². The van der Waals surface area contributed by atoms with E-state index in [2.05, 4.69) is 0 Å².